The second kappa shape index (κ2) is 7.78. The van der Waals surface area contributed by atoms with Gasteiger partial charge in [0.25, 0.3) is 5.91 Å². The Morgan fingerprint density at radius 3 is 2.52 bits per heavy atom. The summed E-state index contributed by atoms with van der Waals surface area (Å²) in [6.45, 7) is 3.02. The Bertz CT molecular complexity index is 948. The fourth-order valence-electron chi connectivity index (χ4n) is 3.17. The summed E-state index contributed by atoms with van der Waals surface area (Å²) in [7, 11) is 1.62. The van der Waals surface area contributed by atoms with Crippen LogP contribution in [0.25, 0.3) is 10.2 Å². The number of aromatic nitrogens is 1. The third-order valence-corrected chi connectivity index (χ3v) is 6.56. The molecule has 0 saturated carbocycles. The van der Waals surface area contributed by atoms with E-state index in [0.717, 1.165) is 29.5 Å². The van der Waals surface area contributed by atoms with Crippen molar-refractivity contribution >= 4 is 44.4 Å². The SMILES string of the molecule is COc1ccc(C(=O)N2CCN(c3nc4ccc(SC)cc4s3)CC2)cc1. The number of methoxy groups -OCH3 is 1. The van der Waals surface area contributed by atoms with Gasteiger partial charge in [0.15, 0.2) is 5.13 Å². The molecule has 4 rings (SSSR count). The van der Waals surface area contributed by atoms with Crippen LogP contribution >= 0.6 is 23.1 Å². The summed E-state index contributed by atoms with van der Waals surface area (Å²) >= 11 is 3.47. The number of fused-ring (bicyclic) bond motifs is 1. The van der Waals surface area contributed by atoms with Crippen molar-refractivity contribution in [2.75, 3.05) is 44.4 Å². The molecule has 1 saturated heterocycles. The van der Waals surface area contributed by atoms with Gasteiger partial charge >= 0.3 is 0 Å². The maximum Gasteiger partial charge on any atom is 0.253 e. The molecule has 0 N–H and O–H groups in total. The molecule has 3 aromatic rings. The number of benzene rings is 2. The van der Waals surface area contributed by atoms with Crippen molar-refractivity contribution in [3.05, 3.63) is 48.0 Å². The van der Waals surface area contributed by atoms with Crippen molar-refractivity contribution in [2.24, 2.45) is 0 Å². The highest BCUT2D eigenvalue weighted by atomic mass is 32.2. The number of thioether (sulfide) groups is 1. The minimum absolute atomic E-state index is 0.0752. The lowest BCUT2D eigenvalue weighted by molar-refractivity contribution is 0.0746. The van der Waals surface area contributed by atoms with Crippen LogP contribution in [0.4, 0.5) is 5.13 Å². The van der Waals surface area contributed by atoms with Gasteiger partial charge in [0.05, 0.1) is 17.3 Å². The monoisotopic (exact) mass is 399 g/mol. The number of hydrogen-bond donors (Lipinski definition) is 0. The average Bonchev–Trinajstić information content (AvgIpc) is 3.16. The molecule has 1 aliphatic heterocycles. The number of carbonyl (C=O) groups is 1. The summed E-state index contributed by atoms with van der Waals surface area (Å²) in [4.78, 5) is 22.9. The Hall–Kier alpha value is -2.25. The molecule has 1 aromatic heterocycles. The number of thiazole rings is 1. The second-order valence-corrected chi connectivity index (χ2v) is 8.23. The van der Waals surface area contributed by atoms with E-state index >= 15 is 0 Å². The van der Waals surface area contributed by atoms with E-state index in [1.54, 1.807) is 30.2 Å². The third kappa shape index (κ3) is 3.75. The maximum absolute atomic E-state index is 12.7. The molecule has 1 amide bonds. The maximum atomic E-state index is 12.7. The first kappa shape index (κ1) is 18.1. The topological polar surface area (TPSA) is 45.7 Å². The molecule has 2 aromatic carbocycles. The zero-order chi connectivity index (χ0) is 18.8. The highest BCUT2D eigenvalue weighted by Crippen LogP contribution is 2.32. The zero-order valence-corrected chi connectivity index (χ0v) is 17.0. The molecule has 0 unspecified atom stereocenters. The van der Waals surface area contributed by atoms with E-state index in [2.05, 4.69) is 29.4 Å². The van der Waals surface area contributed by atoms with Crippen LogP contribution in [-0.4, -0.2) is 55.3 Å². The second-order valence-electron chi connectivity index (χ2n) is 6.34. The molecule has 0 bridgehead atoms. The van der Waals surface area contributed by atoms with Gasteiger partial charge in [-0.2, -0.15) is 0 Å². The molecule has 0 atom stereocenters. The van der Waals surface area contributed by atoms with E-state index in [9.17, 15) is 4.79 Å². The summed E-state index contributed by atoms with van der Waals surface area (Å²) in [5, 5.41) is 1.04. The summed E-state index contributed by atoms with van der Waals surface area (Å²) in [6, 6.07) is 13.7. The molecule has 2 heterocycles. The number of nitrogens with zero attached hydrogens (tertiary/aromatic N) is 3. The number of carbonyl (C=O) groups excluding carboxylic acids is 1. The van der Waals surface area contributed by atoms with Gasteiger partial charge in [-0.15, -0.1) is 11.8 Å². The fraction of sp³-hybridized carbons (Fsp3) is 0.300. The zero-order valence-electron chi connectivity index (χ0n) is 15.3. The molecule has 140 valence electrons. The first-order valence-corrected chi connectivity index (χ1v) is 10.8. The van der Waals surface area contributed by atoms with Crippen LogP contribution in [0.5, 0.6) is 5.75 Å². The predicted molar refractivity (Wildman–Crippen MR) is 113 cm³/mol. The van der Waals surface area contributed by atoms with E-state index in [-0.39, 0.29) is 5.91 Å². The van der Waals surface area contributed by atoms with Gasteiger partial charge in [-0.05, 0) is 48.7 Å². The number of piperazine rings is 1. The van der Waals surface area contributed by atoms with Crippen LogP contribution in [0.1, 0.15) is 10.4 Å². The van der Waals surface area contributed by atoms with Crippen molar-refractivity contribution in [1.29, 1.82) is 0 Å². The number of hydrogen-bond acceptors (Lipinski definition) is 6. The van der Waals surface area contributed by atoms with Gasteiger partial charge in [-0.3, -0.25) is 4.79 Å². The molecule has 0 aliphatic carbocycles. The van der Waals surface area contributed by atoms with Crippen LogP contribution < -0.4 is 9.64 Å². The summed E-state index contributed by atoms with van der Waals surface area (Å²) in [6.07, 6.45) is 2.09. The van der Waals surface area contributed by atoms with Crippen LogP contribution in [0, 0.1) is 0 Å². The van der Waals surface area contributed by atoms with Gasteiger partial charge < -0.3 is 14.5 Å². The third-order valence-electron chi connectivity index (χ3n) is 4.76. The molecular formula is C20H21N3O2S2. The molecule has 0 spiro atoms. The lowest BCUT2D eigenvalue weighted by atomic mass is 10.1. The first-order valence-electron chi connectivity index (χ1n) is 8.81. The molecule has 27 heavy (non-hydrogen) atoms. The first-order chi connectivity index (χ1) is 13.2. The van der Waals surface area contributed by atoms with Crippen molar-refractivity contribution < 1.29 is 9.53 Å². The highest BCUT2D eigenvalue weighted by Gasteiger charge is 2.24. The van der Waals surface area contributed by atoms with E-state index in [0.29, 0.717) is 18.7 Å². The van der Waals surface area contributed by atoms with E-state index < -0.39 is 0 Å². The normalized spacial score (nSPS) is 14.6. The molecule has 1 aliphatic rings. The van der Waals surface area contributed by atoms with Crippen LogP contribution in [0.3, 0.4) is 0 Å². The number of amides is 1. The minimum Gasteiger partial charge on any atom is -0.497 e. The smallest absolute Gasteiger partial charge is 0.253 e. The lowest BCUT2D eigenvalue weighted by Gasteiger charge is -2.34. The van der Waals surface area contributed by atoms with Gasteiger partial charge in [-0.25, -0.2) is 4.98 Å². The molecule has 5 nitrogen and oxygen atoms in total. The van der Waals surface area contributed by atoms with Crippen molar-refractivity contribution in [1.82, 2.24) is 9.88 Å². The lowest BCUT2D eigenvalue weighted by Crippen LogP contribution is -2.48. The van der Waals surface area contributed by atoms with Crippen LogP contribution in [-0.2, 0) is 0 Å². The van der Waals surface area contributed by atoms with Crippen molar-refractivity contribution in [2.45, 2.75) is 4.90 Å². The molecular weight excluding hydrogens is 378 g/mol. The van der Waals surface area contributed by atoms with E-state index in [4.69, 9.17) is 9.72 Å². The Kier molecular flexibility index (Phi) is 5.22. The highest BCUT2D eigenvalue weighted by molar-refractivity contribution is 7.98. The van der Waals surface area contributed by atoms with E-state index in [1.165, 1.54) is 9.60 Å². The van der Waals surface area contributed by atoms with E-state index in [1.807, 2.05) is 29.2 Å². The largest absolute Gasteiger partial charge is 0.497 e. The van der Waals surface area contributed by atoms with Crippen LogP contribution in [0.15, 0.2) is 47.4 Å². The Labute approximate surface area is 166 Å². The Morgan fingerprint density at radius 2 is 1.85 bits per heavy atom. The van der Waals surface area contributed by atoms with Crippen molar-refractivity contribution in [3.63, 3.8) is 0 Å². The summed E-state index contributed by atoms with van der Waals surface area (Å²) in [5.74, 6) is 0.836. The Balaban J connectivity index is 1.43. The number of ether oxygens (including phenoxy) is 1. The summed E-state index contributed by atoms with van der Waals surface area (Å²) in [5.41, 5.74) is 1.75. The molecule has 0 radical (unpaired) electrons. The molecule has 7 heteroatoms. The van der Waals surface area contributed by atoms with Gasteiger partial charge in [0.2, 0.25) is 0 Å². The fourth-order valence-corrected chi connectivity index (χ4v) is 4.74. The Morgan fingerprint density at radius 1 is 1.11 bits per heavy atom. The van der Waals surface area contributed by atoms with Gasteiger partial charge in [-0.1, -0.05) is 11.3 Å². The molecule has 1 fully saturated rings. The van der Waals surface area contributed by atoms with Gasteiger partial charge in [0, 0.05) is 36.6 Å². The number of anilines is 1. The number of rotatable bonds is 4. The van der Waals surface area contributed by atoms with Crippen LogP contribution in [0.2, 0.25) is 0 Å². The quantitative estimate of drug-likeness (QED) is 0.621. The average molecular weight is 400 g/mol. The predicted octanol–water partition coefficient (Wildman–Crippen LogP) is 3.99. The van der Waals surface area contributed by atoms with Gasteiger partial charge in [0.1, 0.15) is 5.75 Å². The minimum atomic E-state index is 0.0752. The standard InChI is InChI=1S/C20H21N3O2S2/c1-25-15-5-3-14(4-6-15)19(24)22-9-11-23(12-10-22)20-21-17-8-7-16(26-2)13-18(17)27-20/h3-8,13H,9-12H2,1-2H3. The van der Waals surface area contributed by atoms with Crippen molar-refractivity contribution in [3.8, 4) is 5.75 Å². The summed E-state index contributed by atoms with van der Waals surface area (Å²) < 4.78 is 6.37.